The summed E-state index contributed by atoms with van der Waals surface area (Å²) in [5.74, 6) is 0. The summed E-state index contributed by atoms with van der Waals surface area (Å²) >= 11 is 0. The molecule has 0 atom stereocenters. The van der Waals surface area contributed by atoms with Crippen LogP contribution in [0.15, 0.2) is 0 Å². The molecule has 0 saturated heterocycles. The first-order valence-electron chi connectivity index (χ1n) is 4.69. The van der Waals surface area contributed by atoms with Gasteiger partial charge in [0.25, 0.3) is 0 Å². The van der Waals surface area contributed by atoms with Crippen molar-refractivity contribution in [3.63, 3.8) is 0 Å². The van der Waals surface area contributed by atoms with Crippen LogP contribution >= 0.6 is 0 Å². The summed E-state index contributed by atoms with van der Waals surface area (Å²) in [5.41, 5.74) is -0.247. The van der Waals surface area contributed by atoms with Crippen LogP contribution in [0.5, 0.6) is 0 Å². The van der Waals surface area contributed by atoms with Gasteiger partial charge in [0.05, 0.1) is 6.07 Å². The summed E-state index contributed by atoms with van der Waals surface area (Å²) in [4.78, 5) is 0. The normalized spacial score (nSPS) is 21.4. The van der Waals surface area contributed by atoms with Crippen molar-refractivity contribution < 1.29 is 5.21 Å². The molecule has 0 aromatic heterocycles. The molecule has 4 heteroatoms. The van der Waals surface area contributed by atoms with Gasteiger partial charge in [0.2, 0.25) is 0 Å². The monoisotopic (exact) mass is 183 g/mol. The third-order valence-electron chi connectivity index (χ3n) is 2.84. The maximum Gasteiger partial charge on any atom is 0.0628 e. The summed E-state index contributed by atoms with van der Waals surface area (Å²) in [6, 6.07) is 2.11. The lowest BCUT2D eigenvalue weighted by atomic mass is 9.72. The minimum atomic E-state index is -0.247. The van der Waals surface area contributed by atoms with E-state index in [-0.39, 0.29) is 17.2 Å². The minimum absolute atomic E-state index is 0.0251. The van der Waals surface area contributed by atoms with Crippen molar-refractivity contribution in [3.05, 3.63) is 5.21 Å². The van der Waals surface area contributed by atoms with Crippen LogP contribution in [0.3, 0.4) is 0 Å². The molecule has 1 rings (SSSR count). The van der Waals surface area contributed by atoms with E-state index in [2.05, 4.69) is 6.07 Å². The van der Waals surface area contributed by atoms with Crippen LogP contribution in [0.25, 0.3) is 0 Å². The number of hydrogen-bond acceptors (Lipinski definition) is 4. The topological polar surface area (TPSA) is 70.3 Å². The molecule has 0 amide bonds. The average Bonchev–Trinajstić information content (AvgIpc) is 2.04. The molecule has 74 valence electrons. The van der Waals surface area contributed by atoms with Gasteiger partial charge < -0.3 is 10.4 Å². The molecule has 1 aliphatic rings. The first-order valence-corrected chi connectivity index (χ1v) is 4.69. The van der Waals surface area contributed by atoms with E-state index >= 15 is 0 Å². The molecular formula is C9H15N2O2-. The number of nitrogens with zero attached hydrogens (tertiary/aromatic N) is 2. The van der Waals surface area contributed by atoms with Crippen LogP contribution in [0, 0.1) is 22.0 Å². The van der Waals surface area contributed by atoms with Gasteiger partial charge >= 0.3 is 0 Å². The highest BCUT2D eigenvalue weighted by Gasteiger charge is 2.31. The molecule has 0 unspecified atom stereocenters. The maximum absolute atomic E-state index is 10.6. The third kappa shape index (κ3) is 2.96. The number of hydrogen-bond donors (Lipinski definition) is 1. The summed E-state index contributed by atoms with van der Waals surface area (Å²) in [6.07, 6.45) is 5.47. The third-order valence-corrected chi connectivity index (χ3v) is 2.84. The van der Waals surface area contributed by atoms with E-state index in [1.54, 1.807) is 0 Å². The number of hydroxylamine groups is 2. The Balaban J connectivity index is 2.56. The lowest BCUT2D eigenvalue weighted by Gasteiger charge is -2.39. The van der Waals surface area contributed by atoms with Crippen molar-refractivity contribution >= 4 is 0 Å². The quantitative estimate of drug-likeness (QED) is 0.679. The van der Waals surface area contributed by atoms with E-state index in [4.69, 9.17) is 10.5 Å². The smallest absolute Gasteiger partial charge is 0.0628 e. The summed E-state index contributed by atoms with van der Waals surface area (Å²) < 4.78 is 0. The van der Waals surface area contributed by atoms with Crippen molar-refractivity contribution in [1.29, 1.82) is 5.26 Å². The van der Waals surface area contributed by atoms with Gasteiger partial charge in [-0.05, 0) is 18.3 Å². The summed E-state index contributed by atoms with van der Waals surface area (Å²) in [5, 5.41) is 27.8. The Morgan fingerprint density at radius 1 is 1.38 bits per heavy atom. The largest absolute Gasteiger partial charge is 0.762 e. The number of rotatable bonds is 3. The molecule has 0 aliphatic heterocycles. The molecule has 1 aliphatic carbocycles. The second-order valence-electron chi connectivity index (χ2n) is 3.91. The molecule has 0 heterocycles. The summed E-state index contributed by atoms with van der Waals surface area (Å²) in [7, 11) is 0. The van der Waals surface area contributed by atoms with E-state index in [9.17, 15) is 5.21 Å². The SMILES string of the molecule is N#CCC1(CN([O-])O)CCCCC1. The lowest BCUT2D eigenvalue weighted by molar-refractivity contribution is -0.0784. The first kappa shape index (κ1) is 10.5. The molecule has 0 spiro atoms. The number of nitriles is 1. The molecule has 0 aromatic rings. The van der Waals surface area contributed by atoms with Crippen LogP contribution < -0.4 is 0 Å². The Labute approximate surface area is 78.3 Å². The van der Waals surface area contributed by atoms with Crippen LogP contribution in [-0.2, 0) is 0 Å². The van der Waals surface area contributed by atoms with E-state index in [1.807, 2.05) is 0 Å². The highest BCUT2D eigenvalue weighted by molar-refractivity contribution is 4.92. The zero-order chi connectivity index (χ0) is 9.73. The highest BCUT2D eigenvalue weighted by Crippen LogP contribution is 2.39. The van der Waals surface area contributed by atoms with Crippen molar-refractivity contribution in [2.45, 2.75) is 38.5 Å². The fourth-order valence-electron chi connectivity index (χ4n) is 2.15. The molecular weight excluding hydrogens is 168 g/mol. The van der Waals surface area contributed by atoms with Crippen LogP contribution in [-0.4, -0.2) is 17.0 Å². The van der Waals surface area contributed by atoms with Crippen molar-refractivity contribution in [2.24, 2.45) is 5.41 Å². The Morgan fingerprint density at radius 2 is 2.00 bits per heavy atom. The van der Waals surface area contributed by atoms with Crippen molar-refractivity contribution in [2.75, 3.05) is 6.54 Å². The Morgan fingerprint density at radius 3 is 2.46 bits per heavy atom. The lowest BCUT2D eigenvalue weighted by Crippen LogP contribution is -2.34. The standard InChI is InChI=1S/C9H15N2O2/c10-7-6-9(8-11(12)13)4-2-1-3-5-9/h12H,1-6,8H2/q-1. The molecule has 0 bridgehead atoms. The van der Waals surface area contributed by atoms with Crippen molar-refractivity contribution in [3.8, 4) is 6.07 Å². The molecule has 1 N–H and O–H groups in total. The van der Waals surface area contributed by atoms with Crippen LogP contribution in [0.1, 0.15) is 38.5 Å². The van der Waals surface area contributed by atoms with Gasteiger partial charge in [0, 0.05) is 13.0 Å². The van der Waals surface area contributed by atoms with Gasteiger partial charge in [-0.1, -0.05) is 19.3 Å². The van der Waals surface area contributed by atoms with Gasteiger partial charge in [0.1, 0.15) is 0 Å². The van der Waals surface area contributed by atoms with E-state index in [1.165, 1.54) is 6.42 Å². The van der Waals surface area contributed by atoms with Crippen LogP contribution in [0.4, 0.5) is 0 Å². The van der Waals surface area contributed by atoms with E-state index in [0.717, 1.165) is 25.7 Å². The average molecular weight is 183 g/mol. The van der Waals surface area contributed by atoms with Gasteiger partial charge in [-0.15, -0.1) is 0 Å². The molecule has 1 saturated carbocycles. The Bertz CT molecular complexity index is 192. The fraction of sp³-hybridized carbons (Fsp3) is 0.889. The van der Waals surface area contributed by atoms with E-state index < -0.39 is 0 Å². The Hall–Kier alpha value is -0.630. The second-order valence-corrected chi connectivity index (χ2v) is 3.91. The molecule has 13 heavy (non-hydrogen) atoms. The molecule has 0 radical (unpaired) electrons. The van der Waals surface area contributed by atoms with E-state index in [0.29, 0.717) is 6.42 Å². The maximum atomic E-state index is 10.6. The zero-order valence-corrected chi connectivity index (χ0v) is 7.70. The van der Waals surface area contributed by atoms with Gasteiger partial charge in [-0.2, -0.15) is 5.26 Å². The molecule has 4 nitrogen and oxygen atoms in total. The highest BCUT2D eigenvalue weighted by atomic mass is 16.8. The van der Waals surface area contributed by atoms with Gasteiger partial charge in [-0.3, -0.25) is 5.23 Å². The first-order chi connectivity index (χ1) is 6.18. The van der Waals surface area contributed by atoms with Crippen molar-refractivity contribution in [1.82, 2.24) is 5.23 Å². The Kier molecular flexibility index (Phi) is 3.67. The predicted molar refractivity (Wildman–Crippen MR) is 47.6 cm³/mol. The van der Waals surface area contributed by atoms with Crippen LogP contribution in [0.2, 0.25) is 0 Å². The predicted octanol–water partition coefficient (Wildman–Crippen LogP) is 2.04. The summed E-state index contributed by atoms with van der Waals surface area (Å²) in [6.45, 7) is 0.0839. The minimum Gasteiger partial charge on any atom is -0.762 e. The zero-order valence-electron chi connectivity index (χ0n) is 7.70. The van der Waals surface area contributed by atoms with Gasteiger partial charge in [-0.25, -0.2) is 0 Å². The fourth-order valence-corrected chi connectivity index (χ4v) is 2.15. The molecule has 1 fully saturated rings. The molecule has 0 aromatic carbocycles. The second kappa shape index (κ2) is 4.56. The van der Waals surface area contributed by atoms with Gasteiger partial charge in [0.15, 0.2) is 0 Å².